The number of aliphatic hydroxyl groups is 1. The van der Waals surface area contributed by atoms with Crippen molar-refractivity contribution in [3.8, 4) is 0 Å². The first-order chi connectivity index (χ1) is 3.77. The third kappa shape index (κ3) is 5.65. The number of carbonyl (C=O) groups is 1. The second kappa shape index (κ2) is 4.80. The number of aliphatic hydroxyl groups excluding tert-OH is 1. The van der Waals surface area contributed by atoms with Gasteiger partial charge in [-0.2, -0.15) is 0 Å². The maximum Gasteiger partial charge on any atom is 0.300 e. The zero-order chi connectivity index (χ0) is 6.41. The molecule has 0 aromatic carbocycles. The van der Waals surface area contributed by atoms with Crippen LogP contribution in [0.4, 0.5) is 0 Å². The fourth-order valence-corrected chi connectivity index (χ4v) is 0.823. The van der Waals surface area contributed by atoms with Crippen LogP contribution in [0.3, 0.4) is 0 Å². The Bertz CT molecular complexity index is 73.7. The largest absolute Gasteiger partial charge is 0.481 e. The lowest BCUT2D eigenvalue weighted by Crippen LogP contribution is -2.01. The van der Waals surface area contributed by atoms with Crippen molar-refractivity contribution >= 4 is 15.5 Å². The van der Waals surface area contributed by atoms with E-state index in [1.165, 1.54) is 0 Å². The van der Waals surface area contributed by atoms with Gasteiger partial charge in [0.25, 0.3) is 5.97 Å². The number of hydrogen-bond acceptors (Lipinski definition) is 2. The smallest absolute Gasteiger partial charge is 0.300 e. The minimum absolute atomic E-state index is 0.103. The molecule has 4 heteroatoms. The van der Waals surface area contributed by atoms with E-state index in [-0.39, 0.29) is 12.7 Å². The Hall–Kier alpha value is -0.353. The molecule has 3 nitrogen and oxygen atoms in total. The van der Waals surface area contributed by atoms with Crippen molar-refractivity contribution in [1.82, 2.24) is 0 Å². The minimum atomic E-state index is -0.781. The highest BCUT2D eigenvalue weighted by atomic mass is 28.2. The summed E-state index contributed by atoms with van der Waals surface area (Å²) in [6, 6.07) is 0.812. The molecule has 0 aliphatic heterocycles. The first-order valence-electron chi connectivity index (χ1n) is 2.30. The van der Waals surface area contributed by atoms with Gasteiger partial charge in [0.15, 0.2) is 0 Å². The number of carboxylic acid groups (broad SMARTS) is 1. The summed E-state index contributed by atoms with van der Waals surface area (Å²) < 4.78 is 0. The van der Waals surface area contributed by atoms with Crippen LogP contribution in [0.25, 0.3) is 0 Å². The monoisotopic (exact) mass is 132 g/mol. The molecule has 0 bridgehead atoms. The third-order valence-corrected chi connectivity index (χ3v) is 1.69. The Balaban J connectivity index is 2.82. The molecule has 2 N–H and O–H groups in total. The van der Waals surface area contributed by atoms with Crippen molar-refractivity contribution in [2.24, 2.45) is 0 Å². The highest BCUT2D eigenvalue weighted by Gasteiger charge is 1.94. The highest BCUT2D eigenvalue weighted by Crippen LogP contribution is 1.82. The van der Waals surface area contributed by atoms with E-state index in [2.05, 4.69) is 0 Å². The average Bonchev–Trinajstić information content (AvgIpc) is 1.66. The molecule has 0 saturated carbocycles. The summed E-state index contributed by atoms with van der Waals surface area (Å²) in [5.74, 6) is -0.781. The lowest BCUT2D eigenvalue weighted by Gasteiger charge is -1.87. The standard InChI is InChI=1S/C4H8O3Si/c5-1-2-8-3-4(6)7/h5H,1-3H2,(H,6,7). The van der Waals surface area contributed by atoms with Crippen molar-refractivity contribution in [2.75, 3.05) is 6.61 Å². The van der Waals surface area contributed by atoms with Gasteiger partial charge in [-0.05, 0) is 6.04 Å². The van der Waals surface area contributed by atoms with Crippen LogP contribution >= 0.6 is 0 Å². The van der Waals surface area contributed by atoms with Crippen LogP contribution < -0.4 is 0 Å². The molecule has 0 aromatic rings. The summed E-state index contributed by atoms with van der Waals surface area (Å²) in [6.45, 7) is 0.103. The van der Waals surface area contributed by atoms with Crippen LogP contribution in [0.1, 0.15) is 0 Å². The molecule has 0 spiro atoms. The molecule has 0 amide bonds. The molecule has 0 aliphatic carbocycles. The van der Waals surface area contributed by atoms with Gasteiger partial charge in [-0.25, -0.2) is 0 Å². The molecule has 0 atom stereocenters. The van der Waals surface area contributed by atoms with Crippen molar-refractivity contribution in [3.63, 3.8) is 0 Å². The predicted octanol–water partition coefficient (Wildman–Crippen LogP) is -0.396. The zero-order valence-corrected chi connectivity index (χ0v) is 5.42. The van der Waals surface area contributed by atoms with Gasteiger partial charge in [0.1, 0.15) is 0 Å². The molecule has 8 heavy (non-hydrogen) atoms. The Morgan fingerprint density at radius 2 is 2.25 bits per heavy atom. The number of carboxylic acids is 1. The molecule has 46 valence electrons. The van der Waals surface area contributed by atoms with Gasteiger partial charge in [0.05, 0.1) is 9.52 Å². The van der Waals surface area contributed by atoms with Gasteiger partial charge in [0.2, 0.25) is 0 Å². The van der Waals surface area contributed by atoms with E-state index >= 15 is 0 Å². The molecular weight excluding hydrogens is 124 g/mol. The second-order valence-electron chi connectivity index (χ2n) is 1.29. The van der Waals surface area contributed by atoms with E-state index < -0.39 is 5.97 Å². The zero-order valence-electron chi connectivity index (χ0n) is 4.42. The van der Waals surface area contributed by atoms with Gasteiger partial charge >= 0.3 is 0 Å². The third-order valence-electron chi connectivity index (χ3n) is 0.565. The molecule has 0 aromatic heterocycles. The van der Waals surface area contributed by atoms with Crippen LogP contribution in [-0.2, 0) is 4.79 Å². The maximum absolute atomic E-state index is 9.80. The molecular formula is C4H8O3Si. The summed E-state index contributed by atoms with van der Waals surface area (Å²) >= 11 is 0. The first kappa shape index (κ1) is 7.65. The first-order valence-corrected chi connectivity index (χ1v) is 3.72. The van der Waals surface area contributed by atoms with E-state index in [0.717, 1.165) is 0 Å². The van der Waals surface area contributed by atoms with E-state index in [1.807, 2.05) is 0 Å². The molecule has 0 heterocycles. The molecule has 0 fully saturated rings. The molecule has 0 saturated heterocycles. The normalized spacial score (nSPS) is 9.12. The Labute approximate surface area is 50.2 Å². The van der Waals surface area contributed by atoms with E-state index in [9.17, 15) is 4.79 Å². The van der Waals surface area contributed by atoms with Crippen molar-refractivity contribution in [1.29, 1.82) is 0 Å². The quantitative estimate of drug-likeness (QED) is 0.404. The molecule has 2 radical (unpaired) electrons. The van der Waals surface area contributed by atoms with Gasteiger partial charge in [-0.1, -0.05) is 0 Å². The lowest BCUT2D eigenvalue weighted by molar-refractivity contribution is -0.134. The number of hydrogen-bond donors (Lipinski definition) is 2. The van der Waals surface area contributed by atoms with Crippen LogP contribution in [0, 0.1) is 0 Å². The van der Waals surface area contributed by atoms with Crippen LogP contribution in [0.2, 0.25) is 12.1 Å². The molecule has 0 unspecified atom stereocenters. The summed E-state index contributed by atoms with van der Waals surface area (Å²) in [4.78, 5) is 9.80. The summed E-state index contributed by atoms with van der Waals surface area (Å²) in [5.41, 5.74) is 0. The highest BCUT2D eigenvalue weighted by molar-refractivity contribution is 6.40. The van der Waals surface area contributed by atoms with Crippen molar-refractivity contribution in [2.45, 2.75) is 12.1 Å². The molecule has 0 rings (SSSR count). The predicted molar refractivity (Wildman–Crippen MR) is 30.1 cm³/mol. The maximum atomic E-state index is 9.80. The minimum Gasteiger partial charge on any atom is -0.481 e. The molecule has 0 aliphatic rings. The van der Waals surface area contributed by atoms with Crippen molar-refractivity contribution in [3.05, 3.63) is 0 Å². The van der Waals surface area contributed by atoms with Crippen molar-refractivity contribution < 1.29 is 15.0 Å². The fourth-order valence-electron chi connectivity index (χ4n) is 0.274. The number of rotatable bonds is 4. The second-order valence-corrected chi connectivity index (χ2v) is 2.65. The Kier molecular flexibility index (Phi) is 4.59. The van der Waals surface area contributed by atoms with E-state index in [4.69, 9.17) is 10.2 Å². The number of aliphatic carboxylic acids is 1. The lowest BCUT2D eigenvalue weighted by atomic mass is 10.8. The van der Waals surface area contributed by atoms with Crippen LogP contribution in [0.5, 0.6) is 0 Å². The SMILES string of the molecule is O=C(O)C[Si]CCO. The van der Waals surface area contributed by atoms with Gasteiger partial charge in [-0.15, -0.1) is 0 Å². The van der Waals surface area contributed by atoms with Gasteiger partial charge in [-0.3, -0.25) is 4.79 Å². The summed E-state index contributed by atoms with van der Waals surface area (Å²) in [5, 5.41) is 16.3. The Morgan fingerprint density at radius 1 is 1.62 bits per heavy atom. The van der Waals surface area contributed by atoms with Gasteiger partial charge in [0, 0.05) is 12.7 Å². The summed E-state index contributed by atoms with van der Waals surface area (Å²) in [6.07, 6.45) is 0. The fraction of sp³-hybridized carbons (Fsp3) is 0.750. The van der Waals surface area contributed by atoms with Crippen LogP contribution in [-0.4, -0.2) is 32.3 Å². The Morgan fingerprint density at radius 3 is 2.62 bits per heavy atom. The van der Waals surface area contributed by atoms with E-state index in [1.54, 1.807) is 0 Å². The van der Waals surface area contributed by atoms with Gasteiger partial charge < -0.3 is 10.2 Å². The van der Waals surface area contributed by atoms with Crippen LogP contribution in [0.15, 0.2) is 0 Å². The van der Waals surface area contributed by atoms with E-state index in [0.29, 0.717) is 15.6 Å². The summed E-state index contributed by atoms with van der Waals surface area (Å²) in [7, 11) is 0.363. The average molecular weight is 132 g/mol. The topological polar surface area (TPSA) is 57.5 Å².